The number of benzene rings is 2. The van der Waals surface area contributed by atoms with E-state index in [0.29, 0.717) is 17.0 Å². The standard InChI is InChI=1S/C27H33N3O2/c1-5-7-13-27(14-8-6-2)24-15-20(17-28)9-11-22(24)23-12-10-21(16-25(23)27)26(30-32)18(3)19(4)29-31/h9-12,15-16,18,31-32H,5-8,13-14H2,1-4H3/b29-19+,30-26-. The highest BCUT2D eigenvalue weighted by Crippen LogP contribution is 2.54. The van der Waals surface area contributed by atoms with E-state index in [9.17, 15) is 15.7 Å². The highest BCUT2D eigenvalue weighted by atomic mass is 16.4. The maximum absolute atomic E-state index is 9.81. The van der Waals surface area contributed by atoms with E-state index in [1.807, 2.05) is 19.1 Å². The van der Waals surface area contributed by atoms with Crippen LogP contribution in [-0.4, -0.2) is 21.8 Å². The van der Waals surface area contributed by atoms with Crippen molar-refractivity contribution in [3.63, 3.8) is 0 Å². The molecule has 32 heavy (non-hydrogen) atoms. The fourth-order valence-corrected chi connectivity index (χ4v) is 5.02. The van der Waals surface area contributed by atoms with Gasteiger partial charge in [-0.05, 0) is 60.2 Å². The van der Waals surface area contributed by atoms with Crippen molar-refractivity contribution in [2.45, 2.75) is 71.6 Å². The molecular weight excluding hydrogens is 398 g/mol. The van der Waals surface area contributed by atoms with Crippen LogP contribution in [0.3, 0.4) is 0 Å². The molecule has 3 rings (SSSR count). The van der Waals surface area contributed by atoms with Crippen LogP contribution < -0.4 is 0 Å². The maximum atomic E-state index is 9.81. The van der Waals surface area contributed by atoms with Crippen molar-refractivity contribution in [2.75, 3.05) is 0 Å². The second kappa shape index (κ2) is 9.99. The molecule has 2 aromatic carbocycles. The molecule has 168 valence electrons. The van der Waals surface area contributed by atoms with Crippen LogP contribution in [0.4, 0.5) is 0 Å². The van der Waals surface area contributed by atoms with Gasteiger partial charge in [-0.15, -0.1) is 0 Å². The van der Waals surface area contributed by atoms with Gasteiger partial charge < -0.3 is 10.4 Å². The lowest BCUT2D eigenvalue weighted by Crippen LogP contribution is -2.26. The molecule has 0 aromatic heterocycles. The summed E-state index contributed by atoms with van der Waals surface area (Å²) in [6.45, 7) is 8.01. The summed E-state index contributed by atoms with van der Waals surface area (Å²) >= 11 is 0. The van der Waals surface area contributed by atoms with E-state index in [0.717, 1.165) is 44.1 Å². The first kappa shape index (κ1) is 23.5. The molecule has 0 saturated carbocycles. The van der Waals surface area contributed by atoms with Crippen LogP contribution in [0.2, 0.25) is 0 Å². The molecule has 5 nitrogen and oxygen atoms in total. The minimum Gasteiger partial charge on any atom is -0.411 e. The first-order valence-electron chi connectivity index (χ1n) is 11.6. The van der Waals surface area contributed by atoms with Crippen LogP contribution in [0, 0.1) is 17.2 Å². The summed E-state index contributed by atoms with van der Waals surface area (Å²) in [7, 11) is 0. The molecule has 1 atom stereocenters. The molecule has 5 heteroatoms. The molecule has 0 saturated heterocycles. The van der Waals surface area contributed by atoms with Crippen molar-refractivity contribution in [1.29, 1.82) is 5.26 Å². The lowest BCUT2D eigenvalue weighted by atomic mass is 9.70. The zero-order valence-corrected chi connectivity index (χ0v) is 19.5. The summed E-state index contributed by atoms with van der Waals surface area (Å²) in [4.78, 5) is 0. The molecule has 2 N–H and O–H groups in total. The summed E-state index contributed by atoms with van der Waals surface area (Å²) in [5, 5.41) is 35.5. The Morgan fingerprint density at radius 3 is 2.09 bits per heavy atom. The van der Waals surface area contributed by atoms with Crippen molar-refractivity contribution in [3.05, 3.63) is 58.7 Å². The monoisotopic (exact) mass is 431 g/mol. The summed E-state index contributed by atoms with van der Waals surface area (Å²) in [5.41, 5.74) is 7.20. The molecule has 1 aliphatic carbocycles. The topological polar surface area (TPSA) is 89.0 Å². The van der Waals surface area contributed by atoms with Crippen LogP contribution in [0.25, 0.3) is 11.1 Å². The SMILES string of the molecule is CCCCC1(CCCC)c2cc(C#N)ccc2-c2ccc(/C(=N\O)C(C)/C(C)=N/O)cc21. The van der Waals surface area contributed by atoms with E-state index in [-0.39, 0.29) is 11.3 Å². The Labute approximate surface area is 191 Å². The molecule has 2 aromatic rings. The number of hydrogen-bond acceptors (Lipinski definition) is 5. The van der Waals surface area contributed by atoms with Crippen molar-refractivity contribution >= 4 is 11.4 Å². The zero-order chi connectivity index (χ0) is 23.3. The number of fused-ring (bicyclic) bond motifs is 3. The minimum absolute atomic E-state index is 0.163. The van der Waals surface area contributed by atoms with Crippen LogP contribution in [0.5, 0.6) is 0 Å². The molecule has 0 aliphatic heterocycles. The molecule has 0 fully saturated rings. The fraction of sp³-hybridized carbons (Fsp3) is 0.444. The fourth-order valence-electron chi connectivity index (χ4n) is 5.02. The number of oxime groups is 2. The van der Waals surface area contributed by atoms with E-state index in [2.05, 4.69) is 54.5 Å². The first-order valence-corrected chi connectivity index (χ1v) is 11.6. The van der Waals surface area contributed by atoms with Crippen molar-refractivity contribution < 1.29 is 10.4 Å². The van der Waals surface area contributed by atoms with Crippen molar-refractivity contribution in [3.8, 4) is 17.2 Å². The highest BCUT2D eigenvalue weighted by molar-refractivity contribution is 6.14. The smallest absolute Gasteiger partial charge is 0.0991 e. The van der Waals surface area contributed by atoms with Gasteiger partial charge in [0.1, 0.15) is 0 Å². The van der Waals surface area contributed by atoms with Gasteiger partial charge in [0.2, 0.25) is 0 Å². The Morgan fingerprint density at radius 2 is 1.56 bits per heavy atom. The molecule has 1 unspecified atom stereocenters. The second-order valence-corrected chi connectivity index (χ2v) is 8.87. The lowest BCUT2D eigenvalue weighted by Gasteiger charge is -2.33. The average molecular weight is 432 g/mol. The molecule has 0 spiro atoms. The van der Waals surface area contributed by atoms with Crippen molar-refractivity contribution in [2.24, 2.45) is 16.2 Å². The van der Waals surface area contributed by atoms with E-state index >= 15 is 0 Å². The predicted molar refractivity (Wildman–Crippen MR) is 129 cm³/mol. The third-order valence-electron chi connectivity index (χ3n) is 7.00. The van der Waals surface area contributed by atoms with Gasteiger partial charge in [-0.2, -0.15) is 5.26 Å². The Bertz CT molecular complexity index is 1070. The van der Waals surface area contributed by atoms with Gasteiger partial charge in [0.15, 0.2) is 0 Å². The molecule has 0 heterocycles. The minimum atomic E-state index is -0.322. The van der Waals surface area contributed by atoms with E-state index in [4.69, 9.17) is 0 Å². The van der Waals surface area contributed by atoms with E-state index in [1.54, 1.807) is 6.92 Å². The number of nitriles is 1. The number of rotatable bonds is 9. The highest BCUT2D eigenvalue weighted by Gasteiger charge is 2.42. The normalized spacial score (nSPS) is 15.7. The Balaban J connectivity index is 2.25. The second-order valence-electron chi connectivity index (χ2n) is 8.87. The average Bonchev–Trinajstić information content (AvgIpc) is 3.09. The molecule has 0 bridgehead atoms. The lowest BCUT2D eigenvalue weighted by molar-refractivity contribution is 0.312. The van der Waals surface area contributed by atoms with Crippen LogP contribution in [0.1, 0.15) is 88.5 Å². The number of hydrogen-bond donors (Lipinski definition) is 2. The molecular formula is C27H33N3O2. The Morgan fingerprint density at radius 1 is 0.969 bits per heavy atom. The van der Waals surface area contributed by atoms with Gasteiger partial charge >= 0.3 is 0 Å². The molecule has 1 aliphatic rings. The third-order valence-corrected chi connectivity index (χ3v) is 7.00. The van der Waals surface area contributed by atoms with Crippen LogP contribution >= 0.6 is 0 Å². The van der Waals surface area contributed by atoms with Crippen LogP contribution in [-0.2, 0) is 5.41 Å². The maximum Gasteiger partial charge on any atom is 0.0991 e. The summed E-state index contributed by atoms with van der Waals surface area (Å²) < 4.78 is 0. The zero-order valence-electron chi connectivity index (χ0n) is 19.5. The Kier molecular flexibility index (Phi) is 7.35. The van der Waals surface area contributed by atoms with E-state index < -0.39 is 0 Å². The third kappa shape index (κ3) is 4.02. The van der Waals surface area contributed by atoms with Gasteiger partial charge in [-0.25, -0.2) is 0 Å². The van der Waals surface area contributed by atoms with E-state index in [1.165, 1.54) is 22.3 Å². The number of nitrogens with zero attached hydrogens (tertiary/aromatic N) is 3. The summed E-state index contributed by atoms with van der Waals surface area (Å²) in [6.07, 6.45) is 6.42. The van der Waals surface area contributed by atoms with Gasteiger partial charge in [-0.3, -0.25) is 0 Å². The molecule has 0 amide bonds. The molecule has 0 radical (unpaired) electrons. The van der Waals surface area contributed by atoms with Gasteiger partial charge in [-0.1, -0.05) is 75.0 Å². The summed E-state index contributed by atoms with van der Waals surface area (Å²) in [5.74, 6) is -0.322. The predicted octanol–water partition coefficient (Wildman–Crippen LogP) is 6.87. The number of unbranched alkanes of at least 4 members (excludes halogenated alkanes) is 2. The van der Waals surface area contributed by atoms with Gasteiger partial charge in [0.05, 0.1) is 23.1 Å². The Hall–Kier alpha value is -3.13. The summed E-state index contributed by atoms with van der Waals surface area (Å²) in [6, 6.07) is 14.6. The van der Waals surface area contributed by atoms with Gasteiger partial charge in [0.25, 0.3) is 0 Å². The van der Waals surface area contributed by atoms with Crippen molar-refractivity contribution in [1.82, 2.24) is 0 Å². The van der Waals surface area contributed by atoms with Crippen LogP contribution in [0.15, 0.2) is 46.7 Å². The quantitative estimate of drug-likeness (QED) is 0.258. The van der Waals surface area contributed by atoms with Gasteiger partial charge in [0, 0.05) is 16.9 Å². The largest absolute Gasteiger partial charge is 0.411 e. The first-order chi connectivity index (χ1) is 15.5.